The fourth-order valence-corrected chi connectivity index (χ4v) is 3.28. The van der Waals surface area contributed by atoms with E-state index in [1.807, 2.05) is 40.9 Å². The maximum Gasteiger partial charge on any atom is 0.187 e. The van der Waals surface area contributed by atoms with Crippen LogP contribution in [0.1, 0.15) is 24.3 Å². The fraction of sp³-hybridized carbons (Fsp3) is 0.211. The van der Waals surface area contributed by atoms with Gasteiger partial charge < -0.3 is 4.74 Å². The van der Waals surface area contributed by atoms with Gasteiger partial charge >= 0.3 is 0 Å². The molecule has 0 unspecified atom stereocenters. The number of benzene rings is 1. The molecular weight excluding hydrogens is 300 g/mol. The Morgan fingerprint density at radius 1 is 1.04 bits per heavy atom. The Labute approximate surface area is 138 Å². The van der Waals surface area contributed by atoms with Crippen molar-refractivity contribution in [3.05, 3.63) is 54.2 Å². The molecule has 1 aromatic carbocycles. The van der Waals surface area contributed by atoms with Gasteiger partial charge in [0.15, 0.2) is 11.5 Å². The van der Waals surface area contributed by atoms with Crippen LogP contribution in [0.2, 0.25) is 0 Å². The van der Waals surface area contributed by atoms with Crippen LogP contribution < -0.4 is 4.74 Å². The molecule has 0 bridgehead atoms. The average Bonchev–Trinajstić information content (AvgIpc) is 3.38. The summed E-state index contributed by atoms with van der Waals surface area (Å²) >= 11 is 0. The van der Waals surface area contributed by atoms with E-state index in [0.29, 0.717) is 5.92 Å². The van der Waals surface area contributed by atoms with Crippen molar-refractivity contribution in [3.63, 3.8) is 0 Å². The topological polar surface area (TPSA) is 52.3 Å². The number of hydrogen-bond acceptors (Lipinski definition) is 4. The van der Waals surface area contributed by atoms with Gasteiger partial charge in [0.25, 0.3) is 0 Å². The van der Waals surface area contributed by atoms with Crippen LogP contribution in [0.3, 0.4) is 0 Å². The molecule has 1 aliphatic carbocycles. The first-order chi connectivity index (χ1) is 11.8. The molecule has 5 rings (SSSR count). The molecule has 4 aromatic rings. The third kappa shape index (κ3) is 1.98. The molecule has 0 saturated heterocycles. The molecule has 24 heavy (non-hydrogen) atoms. The summed E-state index contributed by atoms with van der Waals surface area (Å²) in [6.45, 7) is 0. The zero-order chi connectivity index (χ0) is 16.1. The highest BCUT2D eigenvalue weighted by Crippen LogP contribution is 2.47. The number of pyridine rings is 2. The summed E-state index contributed by atoms with van der Waals surface area (Å²) in [5, 5.41) is 9.69. The van der Waals surface area contributed by atoms with Crippen LogP contribution in [-0.4, -0.2) is 26.7 Å². The van der Waals surface area contributed by atoms with Crippen LogP contribution >= 0.6 is 0 Å². The summed E-state index contributed by atoms with van der Waals surface area (Å²) in [5.41, 5.74) is 3.89. The summed E-state index contributed by atoms with van der Waals surface area (Å²) in [4.78, 5) is 4.93. The maximum atomic E-state index is 5.58. The molecule has 0 amide bonds. The predicted octanol–water partition coefficient (Wildman–Crippen LogP) is 3.83. The summed E-state index contributed by atoms with van der Waals surface area (Å²) in [5.74, 6) is 2.25. The Morgan fingerprint density at radius 3 is 2.75 bits per heavy atom. The third-order valence-electron chi connectivity index (χ3n) is 4.61. The first-order valence-corrected chi connectivity index (χ1v) is 8.13. The van der Waals surface area contributed by atoms with Gasteiger partial charge in [0.05, 0.1) is 12.6 Å². The van der Waals surface area contributed by atoms with Crippen molar-refractivity contribution in [2.75, 3.05) is 7.11 Å². The van der Waals surface area contributed by atoms with E-state index in [4.69, 9.17) is 9.72 Å². The van der Waals surface area contributed by atoms with Crippen LogP contribution in [0, 0.1) is 0 Å². The quantitative estimate of drug-likeness (QED) is 0.576. The van der Waals surface area contributed by atoms with Crippen molar-refractivity contribution in [1.29, 1.82) is 0 Å². The molecule has 5 nitrogen and oxygen atoms in total. The lowest BCUT2D eigenvalue weighted by Crippen LogP contribution is -1.97. The number of methoxy groups -OCH3 is 1. The molecule has 0 radical (unpaired) electrons. The highest BCUT2D eigenvalue weighted by atomic mass is 16.5. The second-order valence-electron chi connectivity index (χ2n) is 6.18. The molecule has 118 valence electrons. The van der Waals surface area contributed by atoms with Gasteiger partial charge in [0, 0.05) is 17.1 Å². The maximum absolute atomic E-state index is 5.58. The van der Waals surface area contributed by atoms with Gasteiger partial charge in [0.1, 0.15) is 11.4 Å². The SMILES string of the molecule is COc1ccc2ccc(-c3nnc4ccccn34)nc2c1C1CC1. The fourth-order valence-electron chi connectivity index (χ4n) is 3.28. The van der Waals surface area contributed by atoms with E-state index in [1.54, 1.807) is 7.11 Å². The highest BCUT2D eigenvalue weighted by Gasteiger charge is 2.29. The molecule has 3 heterocycles. The number of hydrogen-bond donors (Lipinski definition) is 0. The second kappa shape index (κ2) is 5.03. The Hall–Kier alpha value is -2.95. The van der Waals surface area contributed by atoms with Gasteiger partial charge in [-0.3, -0.25) is 4.40 Å². The largest absolute Gasteiger partial charge is 0.496 e. The lowest BCUT2D eigenvalue weighted by molar-refractivity contribution is 0.410. The average molecular weight is 316 g/mol. The minimum Gasteiger partial charge on any atom is -0.496 e. The second-order valence-corrected chi connectivity index (χ2v) is 6.18. The molecular formula is C19H16N4O. The molecule has 5 heteroatoms. The number of rotatable bonds is 3. The van der Waals surface area contributed by atoms with E-state index >= 15 is 0 Å². The lowest BCUT2D eigenvalue weighted by atomic mass is 10.0. The monoisotopic (exact) mass is 316 g/mol. The van der Waals surface area contributed by atoms with Gasteiger partial charge in [-0.1, -0.05) is 12.1 Å². The normalized spacial score (nSPS) is 14.4. The predicted molar refractivity (Wildman–Crippen MR) is 92.3 cm³/mol. The minimum absolute atomic E-state index is 0.557. The van der Waals surface area contributed by atoms with E-state index in [1.165, 1.54) is 18.4 Å². The smallest absolute Gasteiger partial charge is 0.187 e. The zero-order valence-electron chi connectivity index (χ0n) is 13.3. The molecule has 1 aliphatic rings. The van der Waals surface area contributed by atoms with Crippen LogP contribution in [0.15, 0.2) is 48.7 Å². The molecule has 0 N–H and O–H groups in total. The van der Waals surface area contributed by atoms with Crippen molar-refractivity contribution >= 4 is 16.6 Å². The summed E-state index contributed by atoms with van der Waals surface area (Å²) in [7, 11) is 1.73. The highest BCUT2D eigenvalue weighted by molar-refractivity contribution is 5.87. The standard InChI is InChI=1S/C19H16N4O/c1-24-15-10-8-13-7-9-14(20-18(13)17(15)12-5-6-12)19-22-21-16-4-2-3-11-23(16)19/h2-4,7-12H,5-6H2,1H3. The zero-order valence-corrected chi connectivity index (χ0v) is 13.3. The van der Waals surface area contributed by atoms with Gasteiger partial charge in [-0.15, -0.1) is 10.2 Å². The summed E-state index contributed by atoms with van der Waals surface area (Å²) in [6.07, 6.45) is 4.37. The Kier molecular flexibility index (Phi) is 2.82. The van der Waals surface area contributed by atoms with E-state index in [9.17, 15) is 0 Å². The number of fused-ring (bicyclic) bond motifs is 2. The lowest BCUT2D eigenvalue weighted by Gasteiger charge is -2.11. The van der Waals surface area contributed by atoms with Crippen LogP contribution in [-0.2, 0) is 0 Å². The Bertz CT molecular complexity index is 1070. The van der Waals surface area contributed by atoms with Crippen molar-refractivity contribution in [1.82, 2.24) is 19.6 Å². The number of nitrogens with zero attached hydrogens (tertiary/aromatic N) is 4. The van der Waals surface area contributed by atoms with E-state index in [0.717, 1.165) is 33.8 Å². The number of aromatic nitrogens is 4. The molecule has 0 aliphatic heterocycles. The summed E-state index contributed by atoms with van der Waals surface area (Å²) in [6, 6.07) is 14.1. The van der Waals surface area contributed by atoms with Gasteiger partial charge in [-0.05, 0) is 49.1 Å². The first kappa shape index (κ1) is 13.5. The molecule has 3 aromatic heterocycles. The number of ether oxygens (including phenoxy) is 1. The Balaban J connectivity index is 1.77. The molecule has 1 saturated carbocycles. The van der Waals surface area contributed by atoms with Crippen molar-refractivity contribution in [3.8, 4) is 17.3 Å². The van der Waals surface area contributed by atoms with E-state index in [-0.39, 0.29) is 0 Å². The van der Waals surface area contributed by atoms with E-state index < -0.39 is 0 Å². The van der Waals surface area contributed by atoms with Crippen molar-refractivity contribution in [2.24, 2.45) is 0 Å². The van der Waals surface area contributed by atoms with Gasteiger partial charge in [0.2, 0.25) is 0 Å². The van der Waals surface area contributed by atoms with Crippen molar-refractivity contribution < 1.29 is 4.74 Å². The van der Waals surface area contributed by atoms with Crippen LogP contribution in [0.5, 0.6) is 5.75 Å². The van der Waals surface area contributed by atoms with Crippen LogP contribution in [0.4, 0.5) is 0 Å². The molecule has 1 fully saturated rings. The van der Waals surface area contributed by atoms with Gasteiger partial charge in [-0.25, -0.2) is 4.98 Å². The Morgan fingerprint density at radius 2 is 1.92 bits per heavy atom. The van der Waals surface area contributed by atoms with E-state index in [2.05, 4.69) is 22.3 Å². The van der Waals surface area contributed by atoms with Crippen LogP contribution in [0.25, 0.3) is 28.1 Å². The minimum atomic E-state index is 0.557. The summed E-state index contributed by atoms with van der Waals surface area (Å²) < 4.78 is 7.55. The third-order valence-corrected chi connectivity index (χ3v) is 4.61. The van der Waals surface area contributed by atoms with Gasteiger partial charge in [-0.2, -0.15) is 0 Å². The van der Waals surface area contributed by atoms with Crippen molar-refractivity contribution in [2.45, 2.75) is 18.8 Å². The molecule has 0 atom stereocenters. The first-order valence-electron chi connectivity index (χ1n) is 8.13. The molecule has 0 spiro atoms.